The van der Waals surface area contributed by atoms with E-state index in [-0.39, 0.29) is 16.9 Å². The molecule has 0 aliphatic carbocycles. The molecule has 0 spiro atoms. The van der Waals surface area contributed by atoms with Crippen LogP contribution in [-0.2, 0) is 0 Å². The number of pyridine rings is 2. The van der Waals surface area contributed by atoms with E-state index in [1.165, 1.54) is 6.20 Å². The van der Waals surface area contributed by atoms with E-state index in [4.69, 9.17) is 0 Å². The van der Waals surface area contributed by atoms with Gasteiger partial charge in [0.15, 0.2) is 0 Å². The largest absolute Gasteiger partial charge is 0.345 e. The van der Waals surface area contributed by atoms with Crippen molar-refractivity contribution in [2.24, 2.45) is 0 Å². The Morgan fingerprint density at radius 1 is 1.25 bits per heavy atom. The number of hydrogen-bond acceptors (Lipinski definition) is 4. The van der Waals surface area contributed by atoms with Gasteiger partial charge in [-0.15, -0.1) is 0 Å². The SMILES string of the molecule is CCCN1CCCN(C(=O)c2c[nH]c3nc(C)ccc3c2=O)CC1. The highest BCUT2D eigenvalue weighted by Gasteiger charge is 2.22. The van der Waals surface area contributed by atoms with E-state index in [1.807, 2.05) is 6.92 Å². The maximum Gasteiger partial charge on any atom is 0.259 e. The van der Waals surface area contributed by atoms with E-state index in [1.54, 1.807) is 17.0 Å². The first-order valence-electron chi connectivity index (χ1n) is 8.61. The molecule has 2 aromatic heterocycles. The van der Waals surface area contributed by atoms with E-state index in [2.05, 4.69) is 21.8 Å². The lowest BCUT2D eigenvalue weighted by Gasteiger charge is -2.21. The van der Waals surface area contributed by atoms with E-state index < -0.39 is 0 Å². The Labute approximate surface area is 141 Å². The van der Waals surface area contributed by atoms with Crippen molar-refractivity contribution in [3.8, 4) is 0 Å². The molecule has 1 aliphatic heterocycles. The number of rotatable bonds is 3. The fourth-order valence-corrected chi connectivity index (χ4v) is 3.24. The van der Waals surface area contributed by atoms with Crippen LogP contribution >= 0.6 is 0 Å². The van der Waals surface area contributed by atoms with Crippen molar-refractivity contribution in [1.29, 1.82) is 0 Å². The molecule has 0 aromatic carbocycles. The van der Waals surface area contributed by atoms with Crippen LogP contribution in [0, 0.1) is 6.92 Å². The standard InChI is InChI=1S/C18H24N4O2/c1-3-7-21-8-4-9-22(11-10-21)18(24)15-12-19-17-14(16(15)23)6-5-13(2)20-17/h5-6,12H,3-4,7-11H2,1-2H3,(H,19,20,23). The highest BCUT2D eigenvalue weighted by molar-refractivity contribution is 5.96. The molecule has 0 saturated carbocycles. The lowest BCUT2D eigenvalue weighted by Crippen LogP contribution is -2.37. The van der Waals surface area contributed by atoms with Crippen molar-refractivity contribution in [3.63, 3.8) is 0 Å². The predicted molar refractivity (Wildman–Crippen MR) is 94.4 cm³/mol. The summed E-state index contributed by atoms with van der Waals surface area (Å²) in [5.74, 6) is -0.183. The van der Waals surface area contributed by atoms with Gasteiger partial charge in [0.25, 0.3) is 5.91 Å². The number of hydrogen-bond donors (Lipinski definition) is 1. The summed E-state index contributed by atoms with van der Waals surface area (Å²) in [6.45, 7) is 8.34. The molecule has 1 fully saturated rings. The molecule has 128 valence electrons. The third-order valence-electron chi connectivity index (χ3n) is 4.52. The summed E-state index contributed by atoms with van der Waals surface area (Å²) in [4.78, 5) is 37.0. The Morgan fingerprint density at radius 2 is 2.08 bits per heavy atom. The number of carbonyl (C=O) groups excluding carboxylic acids is 1. The van der Waals surface area contributed by atoms with Crippen LogP contribution < -0.4 is 5.43 Å². The van der Waals surface area contributed by atoms with Gasteiger partial charge in [-0.25, -0.2) is 4.98 Å². The molecule has 0 atom stereocenters. The fraction of sp³-hybridized carbons (Fsp3) is 0.500. The Hall–Kier alpha value is -2.21. The first-order chi connectivity index (χ1) is 11.6. The van der Waals surface area contributed by atoms with Crippen LogP contribution in [0.15, 0.2) is 23.1 Å². The fourth-order valence-electron chi connectivity index (χ4n) is 3.24. The van der Waals surface area contributed by atoms with Crippen molar-refractivity contribution in [2.75, 3.05) is 32.7 Å². The third kappa shape index (κ3) is 3.33. The van der Waals surface area contributed by atoms with E-state index in [0.29, 0.717) is 24.1 Å². The molecular formula is C18H24N4O2. The Kier molecular flexibility index (Phi) is 4.94. The predicted octanol–water partition coefficient (Wildman–Crippen LogP) is 1.79. The van der Waals surface area contributed by atoms with E-state index in [0.717, 1.165) is 38.2 Å². The smallest absolute Gasteiger partial charge is 0.259 e. The molecule has 3 heterocycles. The zero-order valence-electron chi connectivity index (χ0n) is 14.3. The van der Waals surface area contributed by atoms with Crippen LogP contribution in [0.5, 0.6) is 0 Å². The minimum atomic E-state index is -0.240. The molecule has 0 unspecified atom stereocenters. The number of carbonyl (C=O) groups is 1. The summed E-state index contributed by atoms with van der Waals surface area (Å²) < 4.78 is 0. The number of H-pyrrole nitrogens is 1. The summed E-state index contributed by atoms with van der Waals surface area (Å²) in [6.07, 6.45) is 3.57. The minimum absolute atomic E-state index is 0.183. The quantitative estimate of drug-likeness (QED) is 0.932. The van der Waals surface area contributed by atoms with Gasteiger partial charge in [0.05, 0.1) is 5.39 Å². The van der Waals surface area contributed by atoms with E-state index in [9.17, 15) is 9.59 Å². The maximum absolute atomic E-state index is 12.8. The van der Waals surface area contributed by atoms with Crippen LogP contribution in [0.25, 0.3) is 11.0 Å². The summed E-state index contributed by atoms with van der Waals surface area (Å²) in [7, 11) is 0. The number of aromatic nitrogens is 2. The van der Waals surface area contributed by atoms with E-state index >= 15 is 0 Å². The zero-order valence-corrected chi connectivity index (χ0v) is 14.3. The Morgan fingerprint density at radius 3 is 2.88 bits per heavy atom. The average Bonchev–Trinajstić information content (AvgIpc) is 2.80. The van der Waals surface area contributed by atoms with Gasteiger partial charge in [0, 0.05) is 31.5 Å². The molecule has 1 saturated heterocycles. The monoisotopic (exact) mass is 328 g/mol. The lowest BCUT2D eigenvalue weighted by atomic mass is 10.1. The second-order valence-electron chi connectivity index (χ2n) is 6.37. The number of aryl methyl sites for hydroxylation is 1. The van der Waals surface area contributed by atoms with Crippen molar-refractivity contribution in [3.05, 3.63) is 39.8 Å². The van der Waals surface area contributed by atoms with Crippen LogP contribution in [0.2, 0.25) is 0 Å². The average molecular weight is 328 g/mol. The number of aromatic amines is 1. The van der Waals surface area contributed by atoms with Crippen molar-refractivity contribution in [2.45, 2.75) is 26.7 Å². The van der Waals surface area contributed by atoms with Crippen LogP contribution in [0.1, 0.15) is 35.8 Å². The highest BCUT2D eigenvalue weighted by Crippen LogP contribution is 2.10. The van der Waals surface area contributed by atoms with Gasteiger partial charge < -0.3 is 14.8 Å². The van der Waals surface area contributed by atoms with Gasteiger partial charge in [-0.2, -0.15) is 0 Å². The lowest BCUT2D eigenvalue weighted by molar-refractivity contribution is 0.0760. The van der Waals surface area contributed by atoms with Crippen LogP contribution in [-0.4, -0.2) is 58.4 Å². The summed E-state index contributed by atoms with van der Waals surface area (Å²) >= 11 is 0. The molecular weight excluding hydrogens is 304 g/mol. The molecule has 6 heteroatoms. The third-order valence-corrected chi connectivity index (χ3v) is 4.52. The molecule has 6 nitrogen and oxygen atoms in total. The molecule has 0 radical (unpaired) electrons. The number of fused-ring (bicyclic) bond motifs is 1. The first kappa shape index (κ1) is 16.6. The van der Waals surface area contributed by atoms with Crippen molar-refractivity contribution >= 4 is 16.9 Å². The normalized spacial score (nSPS) is 16.3. The van der Waals surface area contributed by atoms with Gasteiger partial charge in [-0.1, -0.05) is 6.92 Å². The number of nitrogens with zero attached hydrogens (tertiary/aromatic N) is 3. The van der Waals surface area contributed by atoms with Crippen molar-refractivity contribution < 1.29 is 4.79 Å². The zero-order chi connectivity index (χ0) is 17.1. The number of nitrogens with one attached hydrogen (secondary N) is 1. The minimum Gasteiger partial charge on any atom is -0.345 e. The summed E-state index contributed by atoms with van der Waals surface area (Å²) in [5, 5.41) is 0.467. The Bertz CT molecular complexity index is 799. The molecule has 2 aromatic rings. The maximum atomic E-state index is 12.8. The van der Waals surface area contributed by atoms with Crippen LogP contribution in [0.4, 0.5) is 0 Å². The van der Waals surface area contributed by atoms with Gasteiger partial charge in [-0.05, 0) is 45.0 Å². The molecule has 0 bridgehead atoms. The second-order valence-corrected chi connectivity index (χ2v) is 6.37. The highest BCUT2D eigenvalue weighted by atomic mass is 16.2. The molecule has 24 heavy (non-hydrogen) atoms. The topological polar surface area (TPSA) is 69.3 Å². The van der Waals surface area contributed by atoms with Gasteiger partial charge in [0.2, 0.25) is 5.43 Å². The molecule has 1 amide bonds. The Balaban J connectivity index is 1.85. The molecule has 1 N–H and O–H groups in total. The summed E-state index contributed by atoms with van der Waals surface area (Å²) in [5.41, 5.74) is 1.33. The molecule has 1 aliphatic rings. The summed E-state index contributed by atoms with van der Waals surface area (Å²) in [6, 6.07) is 3.53. The van der Waals surface area contributed by atoms with Gasteiger partial charge >= 0.3 is 0 Å². The number of amides is 1. The van der Waals surface area contributed by atoms with Crippen LogP contribution in [0.3, 0.4) is 0 Å². The van der Waals surface area contributed by atoms with Gasteiger partial charge in [0.1, 0.15) is 11.2 Å². The first-order valence-corrected chi connectivity index (χ1v) is 8.61. The second kappa shape index (κ2) is 7.13. The molecule has 3 rings (SSSR count). The van der Waals surface area contributed by atoms with Crippen molar-refractivity contribution in [1.82, 2.24) is 19.8 Å². The van der Waals surface area contributed by atoms with Gasteiger partial charge in [-0.3, -0.25) is 9.59 Å².